The van der Waals surface area contributed by atoms with Crippen molar-refractivity contribution in [2.45, 2.75) is 19.6 Å². The van der Waals surface area contributed by atoms with Crippen LogP contribution >= 0.6 is 0 Å². The Hall–Kier alpha value is -2.58. The summed E-state index contributed by atoms with van der Waals surface area (Å²) < 4.78 is 34.1. The molecule has 9 heteroatoms. The first kappa shape index (κ1) is 17.8. The zero-order valence-corrected chi connectivity index (χ0v) is 13.0. The number of rotatable bonds is 6. The van der Waals surface area contributed by atoms with Crippen LogP contribution < -0.4 is 14.8 Å². The molecular formula is C15H18F2N2O5. The van der Waals surface area contributed by atoms with Gasteiger partial charge >= 0.3 is 18.6 Å². The van der Waals surface area contributed by atoms with Gasteiger partial charge in [0.2, 0.25) is 0 Å². The van der Waals surface area contributed by atoms with Gasteiger partial charge in [-0.25, -0.2) is 4.79 Å². The lowest BCUT2D eigenvalue weighted by atomic mass is 10.1. The van der Waals surface area contributed by atoms with E-state index in [1.54, 1.807) is 6.07 Å². The van der Waals surface area contributed by atoms with E-state index in [2.05, 4.69) is 10.1 Å². The van der Waals surface area contributed by atoms with Gasteiger partial charge in [-0.15, -0.1) is 0 Å². The molecule has 1 fully saturated rings. The van der Waals surface area contributed by atoms with Gasteiger partial charge in [-0.05, 0) is 24.1 Å². The standard InChI is InChI=1S/C15H18F2N2O5/c1-23-11-3-2-9(6-12(11)24-14(16)17)7-18-15(22)19-5-4-10(8-19)13(20)21/h2-3,6,10,14H,4-5,7-8H2,1H3,(H,18,22)(H,20,21). The molecule has 1 heterocycles. The molecule has 0 aliphatic carbocycles. The van der Waals surface area contributed by atoms with Gasteiger partial charge in [0.25, 0.3) is 0 Å². The van der Waals surface area contributed by atoms with E-state index >= 15 is 0 Å². The van der Waals surface area contributed by atoms with Gasteiger partial charge in [-0.2, -0.15) is 8.78 Å². The molecule has 24 heavy (non-hydrogen) atoms. The number of nitrogens with one attached hydrogen (secondary N) is 1. The van der Waals surface area contributed by atoms with Crippen LogP contribution in [0.1, 0.15) is 12.0 Å². The van der Waals surface area contributed by atoms with Gasteiger partial charge < -0.3 is 24.8 Å². The largest absolute Gasteiger partial charge is 0.493 e. The van der Waals surface area contributed by atoms with E-state index in [9.17, 15) is 18.4 Å². The first-order valence-electron chi connectivity index (χ1n) is 7.28. The highest BCUT2D eigenvalue weighted by atomic mass is 19.3. The van der Waals surface area contributed by atoms with Gasteiger partial charge in [0.15, 0.2) is 11.5 Å². The van der Waals surface area contributed by atoms with Gasteiger partial charge in [0.1, 0.15) is 0 Å². The number of carboxylic acid groups (broad SMARTS) is 1. The summed E-state index contributed by atoms with van der Waals surface area (Å²) in [6, 6.07) is 4.04. The lowest BCUT2D eigenvalue weighted by Crippen LogP contribution is -2.38. The van der Waals surface area contributed by atoms with Crippen LogP contribution in [-0.4, -0.2) is 48.8 Å². The molecule has 1 aromatic carbocycles. The summed E-state index contributed by atoms with van der Waals surface area (Å²) in [5.41, 5.74) is 0.550. The molecule has 7 nitrogen and oxygen atoms in total. The molecule has 0 spiro atoms. The molecule has 1 saturated heterocycles. The maximum Gasteiger partial charge on any atom is 0.387 e. The Morgan fingerprint density at radius 3 is 2.75 bits per heavy atom. The number of hydrogen-bond acceptors (Lipinski definition) is 4. The molecule has 2 rings (SSSR count). The van der Waals surface area contributed by atoms with Crippen molar-refractivity contribution in [2.24, 2.45) is 5.92 Å². The number of hydrogen-bond donors (Lipinski definition) is 2. The molecule has 2 N–H and O–H groups in total. The minimum absolute atomic E-state index is 0.0939. The second-order valence-electron chi connectivity index (χ2n) is 5.29. The maximum atomic E-state index is 12.4. The molecule has 1 unspecified atom stereocenters. The van der Waals surface area contributed by atoms with Crippen molar-refractivity contribution >= 4 is 12.0 Å². The molecule has 1 aliphatic rings. The lowest BCUT2D eigenvalue weighted by Gasteiger charge is -2.17. The fraction of sp³-hybridized carbons (Fsp3) is 0.467. The number of likely N-dealkylation sites (tertiary alicyclic amines) is 1. The first-order valence-corrected chi connectivity index (χ1v) is 7.28. The van der Waals surface area contributed by atoms with Crippen LogP contribution in [0.2, 0.25) is 0 Å². The Bertz CT molecular complexity index is 612. The Balaban J connectivity index is 1.94. The minimum atomic E-state index is -2.98. The predicted molar refractivity (Wildman–Crippen MR) is 79.2 cm³/mol. The lowest BCUT2D eigenvalue weighted by molar-refractivity contribution is -0.141. The average molecular weight is 344 g/mol. The third-order valence-electron chi connectivity index (χ3n) is 3.71. The SMILES string of the molecule is COc1ccc(CNC(=O)N2CCC(C(=O)O)C2)cc1OC(F)F. The summed E-state index contributed by atoms with van der Waals surface area (Å²) >= 11 is 0. The van der Waals surface area contributed by atoms with Crippen LogP contribution in [0.15, 0.2) is 18.2 Å². The van der Waals surface area contributed by atoms with E-state index in [1.165, 1.54) is 24.1 Å². The third-order valence-corrected chi connectivity index (χ3v) is 3.71. The Morgan fingerprint density at radius 1 is 1.42 bits per heavy atom. The summed E-state index contributed by atoms with van der Waals surface area (Å²) in [5.74, 6) is -1.43. The summed E-state index contributed by atoms with van der Waals surface area (Å²) in [5, 5.41) is 11.6. The predicted octanol–water partition coefficient (Wildman–Crippen LogP) is 1.91. The van der Waals surface area contributed by atoms with E-state index in [0.29, 0.717) is 18.5 Å². The van der Waals surface area contributed by atoms with Crippen LogP contribution in [-0.2, 0) is 11.3 Å². The van der Waals surface area contributed by atoms with Crippen LogP contribution in [0.25, 0.3) is 0 Å². The number of methoxy groups -OCH3 is 1. The molecular weight excluding hydrogens is 326 g/mol. The Kier molecular flexibility index (Phi) is 5.78. The van der Waals surface area contributed by atoms with Crippen LogP contribution in [0.4, 0.5) is 13.6 Å². The van der Waals surface area contributed by atoms with E-state index < -0.39 is 24.5 Å². The fourth-order valence-corrected chi connectivity index (χ4v) is 2.45. The van der Waals surface area contributed by atoms with E-state index in [0.717, 1.165) is 0 Å². The maximum absolute atomic E-state index is 12.4. The monoisotopic (exact) mass is 344 g/mol. The Labute approximate surface area is 137 Å². The minimum Gasteiger partial charge on any atom is -0.493 e. The second-order valence-corrected chi connectivity index (χ2v) is 5.29. The van der Waals surface area contributed by atoms with Crippen molar-refractivity contribution in [1.82, 2.24) is 10.2 Å². The summed E-state index contributed by atoms with van der Waals surface area (Å²) in [6.45, 7) is -2.37. The van der Waals surface area contributed by atoms with Crippen molar-refractivity contribution in [2.75, 3.05) is 20.2 Å². The zero-order chi connectivity index (χ0) is 17.7. The molecule has 0 bridgehead atoms. The highest BCUT2D eigenvalue weighted by molar-refractivity contribution is 5.77. The smallest absolute Gasteiger partial charge is 0.387 e. The number of carbonyl (C=O) groups is 2. The van der Waals surface area contributed by atoms with Gasteiger partial charge in [-0.3, -0.25) is 4.79 Å². The van der Waals surface area contributed by atoms with Crippen molar-refractivity contribution in [1.29, 1.82) is 0 Å². The highest BCUT2D eigenvalue weighted by Crippen LogP contribution is 2.29. The molecule has 1 aliphatic heterocycles. The highest BCUT2D eigenvalue weighted by Gasteiger charge is 2.30. The second kappa shape index (κ2) is 7.80. The number of halogens is 2. The van der Waals surface area contributed by atoms with Crippen LogP contribution in [0.3, 0.4) is 0 Å². The summed E-state index contributed by atoms with van der Waals surface area (Å²) in [4.78, 5) is 24.3. The molecule has 1 aromatic rings. The van der Waals surface area contributed by atoms with Crippen molar-refractivity contribution in [3.05, 3.63) is 23.8 Å². The number of nitrogens with zero attached hydrogens (tertiary/aromatic N) is 1. The van der Waals surface area contributed by atoms with E-state index in [1.807, 2.05) is 0 Å². The number of ether oxygens (including phenoxy) is 2. The molecule has 132 valence electrons. The molecule has 0 saturated carbocycles. The zero-order valence-electron chi connectivity index (χ0n) is 13.0. The van der Waals surface area contributed by atoms with Crippen LogP contribution in [0, 0.1) is 5.92 Å². The van der Waals surface area contributed by atoms with Gasteiger partial charge in [0, 0.05) is 19.6 Å². The van der Waals surface area contributed by atoms with Crippen molar-refractivity contribution < 1.29 is 33.0 Å². The number of carbonyl (C=O) groups excluding carboxylic acids is 1. The van der Waals surface area contributed by atoms with E-state index in [4.69, 9.17) is 9.84 Å². The van der Waals surface area contributed by atoms with Gasteiger partial charge in [-0.1, -0.05) is 6.07 Å². The molecule has 2 amide bonds. The van der Waals surface area contributed by atoms with Crippen molar-refractivity contribution in [3.63, 3.8) is 0 Å². The quantitative estimate of drug-likeness (QED) is 0.823. The molecule has 0 radical (unpaired) electrons. The van der Waals surface area contributed by atoms with E-state index in [-0.39, 0.29) is 24.6 Å². The summed E-state index contributed by atoms with van der Waals surface area (Å²) in [6.07, 6.45) is 0.414. The third kappa shape index (κ3) is 4.46. The number of amides is 2. The van der Waals surface area contributed by atoms with Crippen molar-refractivity contribution in [3.8, 4) is 11.5 Å². The first-order chi connectivity index (χ1) is 11.4. The summed E-state index contributed by atoms with van der Waals surface area (Å²) in [7, 11) is 1.33. The Morgan fingerprint density at radius 2 is 2.17 bits per heavy atom. The van der Waals surface area contributed by atoms with Gasteiger partial charge in [0.05, 0.1) is 13.0 Å². The topological polar surface area (TPSA) is 88.1 Å². The normalized spacial score (nSPS) is 17.0. The number of benzene rings is 1. The molecule has 0 aromatic heterocycles. The number of carboxylic acids is 1. The molecule has 1 atom stereocenters. The fourth-order valence-electron chi connectivity index (χ4n) is 2.45. The number of alkyl halides is 2. The number of aliphatic carboxylic acids is 1. The average Bonchev–Trinajstić information content (AvgIpc) is 3.02. The van der Waals surface area contributed by atoms with Crippen LogP contribution in [0.5, 0.6) is 11.5 Å². The number of urea groups is 1.